The number of hydrogen-bond acceptors (Lipinski definition) is 6. The van der Waals surface area contributed by atoms with Crippen molar-refractivity contribution < 1.29 is 14.3 Å². The number of Topliss-reactive ketones (excluding diaryl/α,β-unsaturated/α-hetero) is 1. The molecule has 4 N–H and O–H groups in total. The molecule has 1 aliphatic rings. The van der Waals surface area contributed by atoms with Crippen molar-refractivity contribution in [1.29, 1.82) is 0 Å². The first-order valence-electron chi connectivity index (χ1n) is 7.01. The predicted molar refractivity (Wildman–Crippen MR) is 84.1 cm³/mol. The number of ether oxygens (including phenoxy) is 1. The van der Waals surface area contributed by atoms with E-state index in [0.717, 1.165) is 12.8 Å². The summed E-state index contributed by atoms with van der Waals surface area (Å²) in [5.74, 6) is -0.493. The zero-order valence-corrected chi connectivity index (χ0v) is 13.2. The average Bonchev–Trinajstić information content (AvgIpc) is 3.23. The molecule has 0 aromatic carbocycles. The molecule has 116 valence electrons. The van der Waals surface area contributed by atoms with Crippen LogP contribution in [0.15, 0.2) is 0 Å². The first-order chi connectivity index (χ1) is 10.0. The van der Waals surface area contributed by atoms with Crippen molar-refractivity contribution in [3.8, 4) is 0 Å². The Labute approximate surface area is 128 Å². The van der Waals surface area contributed by atoms with Crippen LogP contribution in [0.25, 0.3) is 0 Å². The number of amides is 1. The second-order valence-corrected chi connectivity index (χ2v) is 6.10. The zero-order valence-electron chi connectivity index (χ0n) is 12.3. The Bertz CT molecular complexity index is 552. The van der Waals surface area contributed by atoms with Gasteiger partial charge < -0.3 is 21.1 Å². The summed E-state index contributed by atoms with van der Waals surface area (Å²) in [6, 6.07) is 0. The maximum absolute atomic E-state index is 12.3. The van der Waals surface area contributed by atoms with Gasteiger partial charge in [0.1, 0.15) is 5.00 Å². The Balaban J connectivity index is 2.40. The minimum Gasteiger partial charge on any atom is -0.397 e. The minimum absolute atomic E-state index is 0.0362. The van der Waals surface area contributed by atoms with Crippen molar-refractivity contribution in [2.24, 2.45) is 11.7 Å². The van der Waals surface area contributed by atoms with E-state index in [4.69, 9.17) is 16.2 Å². The van der Waals surface area contributed by atoms with Crippen molar-refractivity contribution in [3.05, 3.63) is 10.4 Å². The van der Waals surface area contributed by atoms with Crippen LogP contribution in [0.1, 0.15) is 39.8 Å². The SMILES string of the molecule is CCN(CCOC)c1sc(C(=O)C2CC2)c(N)c1C(N)=O. The summed E-state index contributed by atoms with van der Waals surface area (Å²) >= 11 is 1.27. The quantitative estimate of drug-likeness (QED) is 0.709. The standard InChI is InChI=1S/C14H21N3O3S/c1-3-17(6-7-20-2)14-9(13(16)19)10(15)12(21-14)11(18)8-4-5-8/h8H,3-7,15H2,1-2H3,(H2,16,19). The summed E-state index contributed by atoms with van der Waals surface area (Å²) in [5.41, 5.74) is 12.0. The Kier molecular flexibility index (Phi) is 4.84. The van der Waals surface area contributed by atoms with Crippen molar-refractivity contribution >= 4 is 33.7 Å². The largest absolute Gasteiger partial charge is 0.397 e. The van der Waals surface area contributed by atoms with Crippen LogP contribution >= 0.6 is 11.3 Å². The summed E-state index contributed by atoms with van der Waals surface area (Å²) in [4.78, 5) is 26.5. The maximum Gasteiger partial charge on any atom is 0.253 e. The molecule has 1 aromatic heterocycles. The average molecular weight is 311 g/mol. The van der Waals surface area contributed by atoms with E-state index in [0.29, 0.717) is 29.6 Å². The molecule has 1 aromatic rings. The third-order valence-electron chi connectivity index (χ3n) is 3.58. The molecule has 0 bridgehead atoms. The van der Waals surface area contributed by atoms with Gasteiger partial charge in [0.2, 0.25) is 0 Å². The molecule has 1 saturated carbocycles. The second kappa shape index (κ2) is 6.44. The molecule has 0 spiro atoms. The lowest BCUT2D eigenvalue weighted by Crippen LogP contribution is -2.28. The molecule has 7 heteroatoms. The topological polar surface area (TPSA) is 98.7 Å². The number of methoxy groups -OCH3 is 1. The van der Waals surface area contributed by atoms with Gasteiger partial charge in [-0.1, -0.05) is 0 Å². The van der Waals surface area contributed by atoms with Gasteiger partial charge in [-0.15, -0.1) is 11.3 Å². The van der Waals surface area contributed by atoms with Crippen LogP contribution in [-0.2, 0) is 4.74 Å². The first-order valence-corrected chi connectivity index (χ1v) is 7.83. The fourth-order valence-electron chi connectivity index (χ4n) is 2.21. The van der Waals surface area contributed by atoms with Crippen LogP contribution in [0.2, 0.25) is 0 Å². The highest BCUT2D eigenvalue weighted by Crippen LogP contribution is 2.42. The monoisotopic (exact) mass is 311 g/mol. The third-order valence-corrected chi connectivity index (χ3v) is 4.86. The minimum atomic E-state index is -0.593. The van der Waals surface area contributed by atoms with Crippen molar-refractivity contribution in [2.45, 2.75) is 19.8 Å². The lowest BCUT2D eigenvalue weighted by Gasteiger charge is -2.21. The number of thiophene rings is 1. The second-order valence-electron chi connectivity index (χ2n) is 5.10. The van der Waals surface area contributed by atoms with Gasteiger partial charge in [-0.3, -0.25) is 9.59 Å². The van der Waals surface area contributed by atoms with Crippen molar-refractivity contribution in [2.75, 3.05) is 37.4 Å². The maximum atomic E-state index is 12.3. The summed E-state index contributed by atoms with van der Waals surface area (Å²) in [5, 5.41) is 0.670. The number of rotatable bonds is 8. The first kappa shape index (κ1) is 15.8. The predicted octanol–water partition coefficient (Wildman–Crippen LogP) is 1.49. The normalized spacial score (nSPS) is 14.2. The van der Waals surface area contributed by atoms with E-state index in [2.05, 4.69) is 0 Å². The summed E-state index contributed by atoms with van der Waals surface area (Å²) in [6.45, 7) is 3.79. The van der Waals surface area contributed by atoms with Crippen LogP contribution in [0.4, 0.5) is 10.7 Å². The molecule has 1 fully saturated rings. The van der Waals surface area contributed by atoms with E-state index in [1.54, 1.807) is 7.11 Å². The molecule has 1 heterocycles. The number of likely N-dealkylation sites (N-methyl/N-ethyl adjacent to an activating group) is 1. The van der Waals surface area contributed by atoms with Gasteiger partial charge in [0.05, 0.1) is 22.7 Å². The summed E-state index contributed by atoms with van der Waals surface area (Å²) < 4.78 is 5.08. The van der Waals surface area contributed by atoms with Gasteiger partial charge in [-0.25, -0.2) is 0 Å². The molecular weight excluding hydrogens is 290 g/mol. The Morgan fingerprint density at radius 1 is 1.43 bits per heavy atom. The number of ketones is 1. The number of nitrogens with zero attached hydrogens (tertiary/aromatic N) is 1. The Hall–Kier alpha value is -1.60. The van der Waals surface area contributed by atoms with Crippen molar-refractivity contribution in [1.82, 2.24) is 0 Å². The van der Waals surface area contributed by atoms with Crippen LogP contribution in [-0.4, -0.2) is 38.5 Å². The fraction of sp³-hybridized carbons (Fsp3) is 0.571. The molecule has 6 nitrogen and oxygen atoms in total. The molecule has 0 unspecified atom stereocenters. The number of nitrogens with two attached hydrogens (primary N) is 2. The summed E-state index contributed by atoms with van der Waals surface area (Å²) in [6.07, 6.45) is 1.80. The van der Waals surface area contributed by atoms with E-state index in [9.17, 15) is 9.59 Å². The van der Waals surface area contributed by atoms with Crippen LogP contribution < -0.4 is 16.4 Å². The highest BCUT2D eigenvalue weighted by molar-refractivity contribution is 7.19. The molecule has 21 heavy (non-hydrogen) atoms. The zero-order chi connectivity index (χ0) is 15.6. The Morgan fingerprint density at radius 3 is 2.57 bits per heavy atom. The molecule has 0 aliphatic heterocycles. The number of nitrogen functional groups attached to an aromatic ring is 1. The van der Waals surface area contributed by atoms with Gasteiger partial charge in [-0.2, -0.15) is 0 Å². The van der Waals surface area contributed by atoms with Gasteiger partial charge >= 0.3 is 0 Å². The molecule has 0 radical (unpaired) electrons. The lowest BCUT2D eigenvalue weighted by atomic mass is 10.1. The van der Waals surface area contributed by atoms with Gasteiger partial charge in [0, 0.05) is 26.1 Å². The highest BCUT2D eigenvalue weighted by atomic mass is 32.1. The van der Waals surface area contributed by atoms with Crippen LogP contribution in [0.3, 0.4) is 0 Å². The van der Waals surface area contributed by atoms with Crippen LogP contribution in [0.5, 0.6) is 0 Å². The van der Waals surface area contributed by atoms with E-state index < -0.39 is 5.91 Å². The number of carbonyl (C=O) groups excluding carboxylic acids is 2. The lowest BCUT2D eigenvalue weighted by molar-refractivity contribution is 0.0972. The van der Waals surface area contributed by atoms with E-state index in [1.807, 2.05) is 11.8 Å². The smallest absolute Gasteiger partial charge is 0.253 e. The highest BCUT2D eigenvalue weighted by Gasteiger charge is 2.35. The number of hydrogen-bond donors (Lipinski definition) is 2. The third kappa shape index (κ3) is 3.19. The number of anilines is 2. The van der Waals surface area contributed by atoms with E-state index >= 15 is 0 Å². The molecule has 2 rings (SSSR count). The van der Waals surface area contributed by atoms with Crippen molar-refractivity contribution in [3.63, 3.8) is 0 Å². The fourth-order valence-corrected chi connectivity index (χ4v) is 3.55. The molecule has 1 amide bonds. The summed E-state index contributed by atoms with van der Waals surface area (Å²) in [7, 11) is 1.62. The van der Waals surface area contributed by atoms with Gasteiger partial charge in [0.25, 0.3) is 5.91 Å². The Morgan fingerprint density at radius 2 is 2.10 bits per heavy atom. The molecule has 0 atom stereocenters. The van der Waals surface area contributed by atoms with Gasteiger partial charge in [-0.05, 0) is 19.8 Å². The van der Waals surface area contributed by atoms with Crippen LogP contribution in [0, 0.1) is 5.92 Å². The molecule has 1 aliphatic carbocycles. The number of carbonyl (C=O) groups is 2. The van der Waals surface area contributed by atoms with E-state index in [1.165, 1.54) is 11.3 Å². The molecular formula is C14H21N3O3S. The van der Waals surface area contributed by atoms with Gasteiger partial charge in [0.15, 0.2) is 5.78 Å². The molecule has 0 saturated heterocycles. The number of primary amides is 1. The van der Waals surface area contributed by atoms with E-state index in [-0.39, 0.29) is 23.0 Å².